The number of Topliss-reactive ketones (excluding diaryl/α,β-unsaturated/α-hetero) is 1. The van der Waals surface area contributed by atoms with Crippen LogP contribution in [0.1, 0.15) is 48.1 Å². The van der Waals surface area contributed by atoms with E-state index in [1.54, 1.807) is 18.3 Å². The van der Waals surface area contributed by atoms with Crippen LogP contribution < -0.4 is 0 Å². The van der Waals surface area contributed by atoms with Crippen LogP contribution in [0, 0.1) is 0 Å². The number of benzene rings is 1. The van der Waals surface area contributed by atoms with Crippen LogP contribution in [-0.4, -0.2) is 15.9 Å². The molecule has 3 nitrogen and oxygen atoms in total. The molecule has 0 aliphatic heterocycles. The van der Waals surface area contributed by atoms with Gasteiger partial charge in [-0.1, -0.05) is 35.3 Å². The van der Waals surface area contributed by atoms with Crippen molar-refractivity contribution in [3.63, 3.8) is 0 Å². The highest BCUT2D eigenvalue weighted by molar-refractivity contribution is 6.35. The van der Waals surface area contributed by atoms with Crippen LogP contribution in [0.15, 0.2) is 36.5 Å². The van der Waals surface area contributed by atoms with Gasteiger partial charge in [0.1, 0.15) is 5.78 Å². The number of hydrogen-bond donors (Lipinski definition) is 1. The lowest BCUT2D eigenvalue weighted by atomic mass is 9.80. The molecule has 0 unspecified atom stereocenters. The molecule has 1 aromatic heterocycles. The van der Waals surface area contributed by atoms with Crippen molar-refractivity contribution in [1.82, 2.24) is 4.98 Å². The fourth-order valence-corrected chi connectivity index (χ4v) is 3.61. The zero-order valence-electron chi connectivity index (χ0n) is 12.5. The molecule has 0 saturated carbocycles. The van der Waals surface area contributed by atoms with Gasteiger partial charge in [-0.05, 0) is 48.6 Å². The average Bonchev–Trinajstić information content (AvgIpc) is 2.54. The third-order valence-electron chi connectivity index (χ3n) is 4.34. The number of ketones is 1. The Morgan fingerprint density at radius 1 is 1.26 bits per heavy atom. The maximum Gasteiger partial charge on any atom is 0.140 e. The monoisotopic (exact) mass is 349 g/mol. The number of aliphatic hydroxyl groups is 1. The van der Waals surface area contributed by atoms with Crippen LogP contribution in [0.4, 0.5) is 0 Å². The van der Waals surface area contributed by atoms with Gasteiger partial charge in [0.15, 0.2) is 0 Å². The molecule has 23 heavy (non-hydrogen) atoms. The number of nitrogens with zero attached hydrogens (tertiary/aromatic N) is 1. The molecule has 0 fully saturated rings. The Balaban J connectivity index is 1.73. The zero-order valence-corrected chi connectivity index (χ0v) is 14.0. The number of aromatic nitrogens is 1. The second-order valence-corrected chi connectivity index (χ2v) is 6.67. The summed E-state index contributed by atoms with van der Waals surface area (Å²) < 4.78 is 0. The summed E-state index contributed by atoms with van der Waals surface area (Å²) in [6.07, 6.45) is 3.32. The molecular formula is C18H17Cl2NO2. The maximum atomic E-state index is 12.6. The van der Waals surface area contributed by atoms with Gasteiger partial charge in [0.25, 0.3) is 0 Å². The first kappa shape index (κ1) is 16.4. The highest BCUT2D eigenvalue weighted by Crippen LogP contribution is 2.37. The average molecular weight is 350 g/mol. The molecule has 3 rings (SSSR count). The summed E-state index contributed by atoms with van der Waals surface area (Å²) in [4.78, 5) is 16.9. The molecule has 5 heteroatoms. The minimum absolute atomic E-state index is 0.164. The van der Waals surface area contributed by atoms with Crippen LogP contribution in [0.2, 0.25) is 10.0 Å². The lowest BCUT2D eigenvalue weighted by molar-refractivity contribution is -0.121. The number of aliphatic hydroxyl groups excluding tert-OH is 1. The smallest absolute Gasteiger partial charge is 0.140 e. The van der Waals surface area contributed by atoms with E-state index >= 15 is 0 Å². The minimum atomic E-state index is -0.569. The van der Waals surface area contributed by atoms with Crippen LogP contribution in [0.25, 0.3) is 0 Å². The molecule has 0 spiro atoms. The molecule has 1 aliphatic carbocycles. The quantitative estimate of drug-likeness (QED) is 0.883. The molecule has 1 heterocycles. The highest BCUT2D eigenvalue weighted by atomic mass is 35.5. The van der Waals surface area contributed by atoms with Crippen molar-refractivity contribution in [2.75, 3.05) is 0 Å². The predicted molar refractivity (Wildman–Crippen MR) is 91.0 cm³/mol. The summed E-state index contributed by atoms with van der Waals surface area (Å²) in [7, 11) is 0. The fraction of sp³-hybridized carbons (Fsp3) is 0.333. The van der Waals surface area contributed by atoms with Crippen molar-refractivity contribution in [2.24, 2.45) is 0 Å². The number of pyridine rings is 1. The Morgan fingerprint density at radius 2 is 2.09 bits per heavy atom. The number of carbonyl (C=O) groups is 1. The second-order valence-electron chi connectivity index (χ2n) is 5.83. The summed E-state index contributed by atoms with van der Waals surface area (Å²) in [6, 6.07) is 9.04. The van der Waals surface area contributed by atoms with Gasteiger partial charge in [0, 0.05) is 28.6 Å². The third kappa shape index (κ3) is 3.57. The lowest BCUT2D eigenvalue weighted by Gasteiger charge is -2.27. The minimum Gasteiger partial charge on any atom is -0.387 e. The van der Waals surface area contributed by atoms with E-state index in [1.807, 2.05) is 18.2 Å². The molecule has 1 aliphatic rings. The van der Waals surface area contributed by atoms with Gasteiger partial charge in [-0.3, -0.25) is 9.78 Å². The van der Waals surface area contributed by atoms with E-state index < -0.39 is 6.10 Å². The van der Waals surface area contributed by atoms with E-state index in [0.29, 0.717) is 41.4 Å². The molecular weight excluding hydrogens is 333 g/mol. The molecule has 0 amide bonds. The molecule has 0 radical (unpaired) electrons. The van der Waals surface area contributed by atoms with Gasteiger partial charge < -0.3 is 5.11 Å². The topological polar surface area (TPSA) is 50.2 Å². The number of carbonyl (C=O) groups excluding carboxylic acids is 1. The van der Waals surface area contributed by atoms with Crippen molar-refractivity contribution < 1.29 is 9.90 Å². The molecule has 1 aromatic carbocycles. The standard InChI is InChI=1S/C18H17Cl2NO2/c19-12-5-3-11(15(20)10-12)4-7-16(22)13-6-8-17(23)18-14(13)2-1-9-21-18/h1-3,5,9-10,13,17,23H,4,6-8H2/t13-,17+/m0/s1. The van der Waals surface area contributed by atoms with Crippen molar-refractivity contribution in [3.05, 3.63) is 63.4 Å². The third-order valence-corrected chi connectivity index (χ3v) is 4.92. The van der Waals surface area contributed by atoms with E-state index in [0.717, 1.165) is 11.1 Å². The number of rotatable bonds is 4. The SMILES string of the molecule is O=C(CCc1ccc(Cl)cc1Cl)[C@H]1CC[C@@H](O)c2ncccc21. The first-order valence-electron chi connectivity index (χ1n) is 7.66. The van der Waals surface area contributed by atoms with Gasteiger partial charge in [0.05, 0.1) is 11.8 Å². The Hall–Kier alpha value is -1.42. The largest absolute Gasteiger partial charge is 0.387 e. The number of fused-ring (bicyclic) bond motifs is 1. The maximum absolute atomic E-state index is 12.6. The highest BCUT2D eigenvalue weighted by Gasteiger charge is 2.31. The fourth-order valence-electron chi connectivity index (χ4n) is 3.11. The normalized spacial score (nSPS) is 20.1. The van der Waals surface area contributed by atoms with Gasteiger partial charge in [-0.2, -0.15) is 0 Å². The summed E-state index contributed by atoms with van der Waals surface area (Å²) in [5, 5.41) is 11.2. The van der Waals surface area contributed by atoms with Gasteiger partial charge in [0.2, 0.25) is 0 Å². The molecule has 0 saturated heterocycles. The molecule has 0 bridgehead atoms. The van der Waals surface area contributed by atoms with Crippen molar-refractivity contribution in [1.29, 1.82) is 0 Å². The van der Waals surface area contributed by atoms with Gasteiger partial charge >= 0.3 is 0 Å². The van der Waals surface area contributed by atoms with Crippen molar-refractivity contribution in [3.8, 4) is 0 Å². The van der Waals surface area contributed by atoms with Crippen LogP contribution in [0.5, 0.6) is 0 Å². The summed E-state index contributed by atoms with van der Waals surface area (Å²) in [5.74, 6) is -0.0228. The van der Waals surface area contributed by atoms with Crippen molar-refractivity contribution in [2.45, 2.75) is 37.7 Å². The zero-order chi connectivity index (χ0) is 16.4. The Labute approximate surface area is 145 Å². The number of aryl methyl sites for hydroxylation is 1. The van der Waals surface area contributed by atoms with Gasteiger partial charge in [-0.25, -0.2) is 0 Å². The number of halogens is 2. The van der Waals surface area contributed by atoms with E-state index in [-0.39, 0.29) is 11.7 Å². The summed E-state index contributed by atoms with van der Waals surface area (Å²) in [6.45, 7) is 0. The first-order valence-corrected chi connectivity index (χ1v) is 8.41. The van der Waals surface area contributed by atoms with Gasteiger partial charge in [-0.15, -0.1) is 0 Å². The van der Waals surface area contributed by atoms with E-state index in [4.69, 9.17) is 23.2 Å². The molecule has 2 aromatic rings. The Kier molecular flexibility index (Phi) is 5.00. The summed E-state index contributed by atoms with van der Waals surface area (Å²) in [5.41, 5.74) is 2.42. The van der Waals surface area contributed by atoms with Crippen LogP contribution in [-0.2, 0) is 11.2 Å². The second kappa shape index (κ2) is 7.00. The van der Waals surface area contributed by atoms with E-state index in [9.17, 15) is 9.90 Å². The molecule has 1 N–H and O–H groups in total. The first-order chi connectivity index (χ1) is 11.1. The Morgan fingerprint density at radius 3 is 2.87 bits per heavy atom. The van der Waals surface area contributed by atoms with Crippen molar-refractivity contribution >= 4 is 29.0 Å². The van der Waals surface area contributed by atoms with Crippen LogP contribution in [0.3, 0.4) is 0 Å². The molecule has 2 atom stereocenters. The molecule has 120 valence electrons. The lowest BCUT2D eigenvalue weighted by Crippen LogP contribution is -2.22. The predicted octanol–water partition coefficient (Wildman–Crippen LogP) is 4.50. The van der Waals surface area contributed by atoms with E-state index in [1.165, 1.54) is 0 Å². The Bertz CT molecular complexity index is 733. The van der Waals surface area contributed by atoms with E-state index in [2.05, 4.69) is 4.98 Å². The number of hydrogen-bond acceptors (Lipinski definition) is 3. The van der Waals surface area contributed by atoms with Crippen LogP contribution >= 0.6 is 23.2 Å². The summed E-state index contributed by atoms with van der Waals surface area (Å²) >= 11 is 12.0.